The van der Waals surface area contributed by atoms with Crippen molar-refractivity contribution >= 4 is 52.3 Å². The highest BCUT2D eigenvalue weighted by molar-refractivity contribution is 6.64. The van der Waals surface area contributed by atoms with Gasteiger partial charge in [0, 0.05) is 22.6 Å². The maximum absolute atomic E-state index is 13.5. The fraction of sp³-hybridized carbons (Fsp3) is 0.292. The van der Waals surface area contributed by atoms with Crippen molar-refractivity contribution in [3.63, 3.8) is 0 Å². The number of carbonyl (C=O) groups excluding carboxylic acids is 5. The minimum Gasteiger partial charge on any atom is -0.416 e. The van der Waals surface area contributed by atoms with Crippen LogP contribution in [-0.4, -0.2) is 51.0 Å². The van der Waals surface area contributed by atoms with Crippen LogP contribution in [0, 0.1) is 0 Å². The summed E-state index contributed by atoms with van der Waals surface area (Å²) >= 11 is 11.4. The molecule has 0 spiro atoms. The van der Waals surface area contributed by atoms with Crippen LogP contribution in [0.5, 0.6) is 0 Å². The Morgan fingerprint density at radius 2 is 1.40 bits per heavy atom. The molecule has 0 saturated heterocycles. The van der Waals surface area contributed by atoms with Gasteiger partial charge in [-0.25, -0.2) is 9.80 Å². The molecule has 0 aliphatic rings. The average molecular weight is 523 g/mol. The monoisotopic (exact) mass is 522 g/mol. The maximum atomic E-state index is 13.5. The molecule has 2 rings (SSSR count). The van der Waals surface area contributed by atoms with Gasteiger partial charge in [0.1, 0.15) is 0 Å². The van der Waals surface area contributed by atoms with Crippen molar-refractivity contribution in [3.05, 3.63) is 70.7 Å². The molecule has 0 fully saturated rings. The van der Waals surface area contributed by atoms with Crippen LogP contribution in [-0.2, 0) is 19.1 Å². The standard InChI is InChI=1S/C24H24Cl2N2O7/c1-5-18(29)34-22(19(26)30)35-23(33)27(20(31)16-11-13-17(25)14-12-16)28(24(2,3)4)21(32)15-9-7-6-8-10-15/h6-14,22H,5H2,1-4H3. The van der Waals surface area contributed by atoms with Gasteiger partial charge < -0.3 is 9.47 Å². The van der Waals surface area contributed by atoms with Gasteiger partial charge in [0.2, 0.25) is 0 Å². The largest absolute Gasteiger partial charge is 0.440 e. The van der Waals surface area contributed by atoms with Gasteiger partial charge in [0.05, 0.1) is 5.54 Å². The zero-order chi connectivity index (χ0) is 26.3. The average Bonchev–Trinajstić information content (AvgIpc) is 2.81. The summed E-state index contributed by atoms with van der Waals surface area (Å²) in [5, 5.41) is 0.350. The quantitative estimate of drug-likeness (QED) is 0.231. The van der Waals surface area contributed by atoms with Gasteiger partial charge in [0.15, 0.2) is 0 Å². The van der Waals surface area contributed by atoms with Gasteiger partial charge >= 0.3 is 23.6 Å². The first-order valence-corrected chi connectivity index (χ1v) is 11.2. The first-order valence-electron chi connectivity index (χ1n) is 10.5. The third-order valence-corrected chi connectivity index (χ3v) is 4.86. The topological polar surface area (TPSA) is 110 Å². The van der Waals surface area contributed by atoms with Crippen molar-refractivity contribution < 1.29 is 33.4 Å². The number of halogens is 2. The number of amides is 3. The highest BCUT2D eigenvalue weighted by Crippen LogP contribution is 2.24. The minimum absolute atomic E-state index is 0.0132. The Morgan fingerprint density at radius 1 is 0.857 bits per heavy atom. The molecule has 35 heavy (non-hydrogen) atoms. The summed E-state index contributed by atoms with van der Waals surface area (Å²) in [6.07, 6.45) is -3.73. The fourth-order valence-electron chi connectivity index (χ4n) is 2.83. The number of imide groups is 1. The number of hydrazine groups is 1. The number of hydrogen-bond donors (Lipinski definition) is 0. The van der Waals surface area contributed by atoms with Crippen LogP contribution in [0.25, 0.3) is 0 Å². The molecular formula is C24H24Cl2N2O7. The molecule has 0 aliphatic heterocycles. The Bertz CT molecular complexity index is 1100. The SMILES string of the molecule is CCC(=O)OC(OC(=O)N(C(=O)c1ccc(Cl)cc1)N(C(=O)c1ccccc1)C(C)(C)C)C(=O)Cl. The molecule has 11 heteroatoms. The van der Waals surface area contributed by atoms with Crippen molar-refractivity contribution in [2.24, 2.45) is 0 Å². The van der Waals surface area contributed by atoms with Gasteiger partial charge in [-0.1, -0.05) is 36.7 Å². The molecule has 1 unspecified atom stereocenters. The first-order chi connectivity index (χ1) is 16.4. The molecular weight excluding hydrogens is 499 g/mol. The molecule has 3 amide bonds. The van der Waals surface area contributed by atoms with Crippen LogP contribution in [0.1, 0.15) is 54.8 Å². The molecule has 0 radical (unpaired) electrons. The Labute approximate surface area is 212 Å². The van der Waals surface area contributed by atoms with E-state index >= 15 is 0 Å². The number of rotatable bonds is 6. The molecule has 186 valence electrons. The molecule has 2 aromatic carbocycles. The van der Waals surface area contributed by atoms with Gasteiger partial charge in [0.25, 0.3) is 11.8 Å². The van der Waals surface area contributed by atoms with E-state index in [4.69, 9.17) is 32.7 Å². The van der Waals surface area contributed by atoms with E-state index in [1.54, 1.807) is 39.0 Å². The summed E-state index contributed by atoms with van der Waals surface area (Å²) in [6, 6.07) is 13.5. The van der Waals surface area contributed by atoms with Crippen LogP contribution >= 0.6 is 23.2 Å². The van der Waals surface area contributed by atoms with Crippen LogP contribution in [0.3, 0.4) is 0 Å². The van der Waals surface area contributed by atoms with Crippen molar-refractivity contribution in [3.8, 4) is 0 Å². The van der Waals surface area contributed by atoms with Crippen LogP contribution in [0.15, 0.2) is 54.6 Å². The highest BCUT2D eigenvalue weighted by Gasteiger charge is 2.42. The van der Waals surface area contributed by atoms with E-state index in [1.165, 1.54) is 43.3 Å². The lowest BCUT2D eigenvalue weighted by Gasteiger charge is -2.41. The van der Waals surface area contributed by atoms with E-state index in [1.807, 2.05) is 0 Å². The Morgan fingerprint density at radius 3 is 1.89 bits per heavy atom. The van der Waals surface area contributed by atoms with E-state index < -0.39 is 40.9 Å². The number of ether oxygens (including phenoxy) is 2. The fourth-order valence-corrected chi connectivity index (χ4v) is 3.04. The van der Waals surface area contributed by atoms with E-state index in [-0.39, 0.29) is 17.5 Å². The maximum Gasteiger partial charge on any atom is 0.440 e. The second-order valence-corrected chi connectivity index (χ2v) is 8.95. The lowest BCUT2D eigenvalue weighted by Crippen LogP contribution is -2.60. The third-order valence-electron chi connectivity index (χ3n) is 4.43. The first kappa shape index (κ1) is 27.8. The minimum atomic E-state index is -2.13. The molecule has 2 aromatic rings. The lowest BCUT2D eigenvalue weighted by molar-refractivity contribution is -0.174. The lowest BCUT2D eigenvalue weighted by atomic mass is 10.1. The molecule has 0 bridgehead atoms. The van der Waals surface area contributed by atoms with Crippen molar-refractivity contribution in [2.75, 3.05) is 0 Å². The van der Waals surface area contributed by atoms with Crippen molar-refractivity contribution in [2.45, 2.75) is 45.9 Å². The van der Waals surface area contributed by atoms with E-state index in [0.717, 1.165) is 5.01 Å². The molecule has 0 N–H and O–H groups in total. The van der Waals surface area contributed by atoms with Gasteiger partial charge in [-0.3, -0.25) is 19.2 Å². The normalized spacial score (nSPS) is 11.7. The van der Waals surface area contributed by atoms with E-state index in [2.05, 4.69) is 0 Å². The summed E-state index contributed by atoms with van der Waals surface area (Å²) in [5.41, 5.74) is -0.985. The van der Waals surface area contributed by atoms with Gasteiger partial charge in [-0.15, -0.1) is 5.01 Å². The predicted octanol–water partition coefficient (Wildman–Crippen LogP) is 4.82. The summed E-state index contributed by atoms with van der Waals surface area (Å²) in [4.78, 5) is 63.7. The van der Waals surface area contributed by atoms with Crippen molar-refractivity contribution in [1.29, 1.82) is 0 Å². The molecule has 0 aromatic heterocycles. The van der Waals surface area contributed by atoms with Crippen LogP contribution in [0.4, 0.5) is 4.79 Å². The highest BCUT2D eigenvalue weighted by atomic mass is 35.5. The summed E-state index contributed by atoms with van der Waals surface area (Å²) < 4.78 is 9.77. The number of benzene rings is 2. The Hall–Kier alpha value is -3.43. The van der Waals surface area contributed by atoms with Crippen molar-refractivity contribution in [1.82, 2.24) is 10.0 Å². The number of nitrogens with zero attached hydrogens (tertiary/aromatic N) is 2. The number of carbonyl (C=O) groups is 5. The Kier molecular flexibility index (Phi) is 9.39. The predicted molar refractivity (Wildman–Crippen MR) is 127 cm³/mol. The van der Waals surface area contributed by atoms with E-state index in [9.17, 15) is 24.0 Å². The number of esters is 1. The molecule has 9 nitrogen and oxygen atoms in total. The van der Waals surface area contributed by atoms with Gasteiger partial charge in [-0.05, 0) is 68.8 Å². The zero-order valence-electron chi connectivity index (χ0n) is 19.5. The molecule has 0 heterocycles. The Balaban J connectivity index is 2.59. The van der Waals surface area contributed by atoms with E-state index in [0.29, 0.717) is 10.0 Å². The van der Waals surface area contributed by atoms with Crippen LogP contribution < -0.4 is 0 Å². The second-order valence-electron chi connectivity index (χ2n) is 8.14. The molecule has 0 saturated carbocycles. The number of hydrogen-bond acceptors (Lipinski definition) is 7. The molecule has 1 atom stereocenters. The zero-order valence-corrected chi connectivity index (χ0v) is 21.0. The summed E-state index contributed by atoms with van der Waals surface area (Å²) in [6.45, 7) is 6.22. The summed E-state index contributed by atoms with van der Waals surface area (Å²) in [5.74, 6) is -2.55. The third kappa shape index (κ3) is 7.27. The second kappa shape index (κ2) is 11.8. The molecule has 0 aliphatic carbocycles. The van der Waals surface area contributed by atoms with Crippen LogP contribution in [0.2, 0.25) is 5.02 Å². The smallest absolute Gasteiger partial charge is 0.416 e. The summed E-state index contributed by atoms with van der Waals surface area (Å²) in [7, 11) is 0. The van der Waals surface area contributed by atoms with Gasteiger partial charge in [-0.2, -0.15) is 0 Å².